The summed E-state index contributed by atoms with van der Waals surface area (Å²) in [5.74, 6) is -0.382. The zero-order chi connectivity index (χ0) is 39.3. The minimum absolute atomic E-state index is 0.0870. The second-order valence-corrected chi connectivity index (χ2v) is 16.9. The van der Waals surface area contributed by atoms with E-state index in [4.69, 9.17) is 0 Å². The Morgan fingerprint density at radius 2 is 1.51 bits per heavy atom. The summed E-state index contributed by atoms with van der Waals surface area (Å²) in [4.78, 5) is 59.0. The van der Waals surface area contributed by atoms with Gasteiger partial charge in [0.2, 0.25) is 5.91 Å². The minimum Gasteiger partial charge on any atom is -0.508 e. The Morgan fingerprint density at radius 1 is 0.842 bits per heavy atom. The predicted molar refractivity (Wildman–Crippen MR) is 218 cm³/mol. The van der Waals surface area contributed by atoms with Gasteiger partial charge in [0.05, 0.1) is 11.1 Å². The van der Waals surface area contributed by atoms with Gasteiger partial charge in [0.25, 0.3) is 11.8 Å². The number of fused-ring (bicyclic) bond motifs is 3. The molecule has 0 aromatic heterocycles. The van der Waals surface area contributed by atoms with Crippen molar-refractivity contribution >= 4 is 29.7 Å². The number of carbonyl (C=O) groups excluding carboxylic acids is 4. The zero-order valence-electron chi connectivity index (χ0n) is 32.7. The number of hydrogen-bond donors (Lipinski definition) is 2. The molecular weight excluding hydrogens is 715 g/mol. The van der Waals surface area contributed by atoms with Crippen LogP contribution in [0.15, 0.2) is 84.9 Å². The number of phenolic OH excluding ortho intramolecular Hbond substituents is 1. The van der Waals surface area contributed by atoms with Crippen LogP contribution < -0.4 is 10.2 Å². The van der Waals surface area contributed by atoms with Crippen molar-refractivity contribution in [2.75, 3.05) is 51.2 Å². The average Bonchev–Trinajstić information content (AvgIpc) is 3.74. The highest BCUT2D eigenvalue weighted by Crippen LogP contribution is 2.48. The third kappa shape index (κ3) is 6.93. The smallest absolute Gasteiger partial charge is 0.262 e. The molecule has 2 saturated heterocycles. The first-order valence-corrected chi connectivity index (χ1v) is 20.6. The highest BCUT2D eigenvalue weighted by Gasteiger charge is 2.46. The number of imide groups is 1. The second kappa shape index (κ2) is 15.2. The predicted octanol–water partition coefficient (Wildman–Crippen LogP) is 5.86. The number of hydrogen-bond acceptors (Lipinski definition) is 8. The summed E-state index contributed by atoms with van der Waals surface area (Å²) >= 11 is 0. The number of likely N-dealkylation sites (N-methyl/N-ethyl adjacent to an activating group) is 1. The van der Waals surface area contributed by atoms with E-state index in [0.717, 1.165) is 81.2 Å². The van der Waals surface area contributed by atoms with Crippen LogP contribution in [0.5, 0.6) is 5.75 Å². The fourth-order valence-electron chi connectivity index (χ4n) is 10.4. The number of carbonyl (C=O) groups is 4. The molecule has 0 radical (unpaired) electrons. The summed E-state index contributed by atoms with van der Waals surface area (Å²) in [5, 5.41) is 12.8. The molecule has 5 aliphatic rings. The fourth-order valence-corrected chi connectivity index (χ4v) is 10.4. The van der Waals surface area contributed by atoms with E-state index in [-0.39, 0.29) is 18.8 Å². The van der Waals surface area contributed by atoms with E-state index < -0.39 is 23.8 Å². The molecule has 294 valence electrons. The van der Waals surface area contributed by atoms with Crippen molar-refractivity contribution in [1.82, 2.24) is 20.0 Å². The molecule has 1 aliphatic carbocycles. The van der Waals surface area contributed by atoms with Gasteiger partial charge in [0, 0.05) is 69.8 Å². The van der Waals surface area contributed by atoms with Gasteiger partial charge in [0.1, 0.15) is 18.1 Å². The first-order chi connectivity index (χ1) is 27.7. The van der Waals surface area contributed by atoms with Crippen molar-refractivity contribution in [1.29, 1.82) is 0 Å². The lowest BCUT2D eigenvalue weighted by atomic mass is 9.69. The molecule has 4 aromatic rings. The Bertz CT molecular complexity index is 2140. The number of aldehydes is 1. The third-order valence-corrected chi connectivity index (χ3v) is 13.6. The molecule has 3 atom stereocenters. The number of piperidine rings is 1. The lowest BCUT2D eigenvalue weighted by Crippen LogP contribution is -2.60. The minimum atomic E-state index is -1.01. The van der Waals surface area contributed by atoms with Crippen molar-refractivity contribution in [2.24, 2.45) is 5.41 Å². The Kier molecular flexibility index (Phi) is 9.95. The first-order valence-electron chi connectivity index (χ1n) is 20.6. The molecule has 9 rings (SSSR count). The molecule has 3 unspecified atom stereocenters. The van der Waals surface area contributed by atoms with Gasteiger partial charge < -0.3 is 25.0 Å². The van der Waals surface area contributed by atoms with E-state index in [9.17, 15) is 24.3 Å². The molecule has 10 nitrogen and oxygen atoms in total. The second-order valence-electron chi connectivity index (χ2n) is 16.9. The third-order valence-electron chi connectivity index (χ3n) is 13.6. The maximum atomic E-state index is 13.4. The lowest BCUT2D eigenvalue weighted by molar-refractivity contribution is -0.124. The van der Waals surface area contributed by atoms with Gasteiger partial charge in [-0.3, -0.25) is 24.2 Å². The van der Waals surface area contributed by atoms with E-state index in [0.29, 0.717) is 34.5 Å². The SMILES string of the molecule is CNC(=O)C(CCC=O)N1C(=O)c2cc3c(cc2C1=O)CN(CCN1CCC2(CC1)CN(c1ccc(C4c5ccc(O)cc5CCC4c4ccccc4)cc1)C2)C3. The topological polar surface area (TPSA) is 114 Å². The van der Waals surface area contributed by atoms with Crippen LogP contribution in [0.1, 0.15) is 98.0 Å². The van der Waals surface area contributed by atoms with Crippen molar-refractivity contribution in [2.45, 2.75) is 69.5 Å². The lowest BCUT2D eigenvalue weighted by Gasteiger charge is -2.55. The zero-order valence-corrected chi connectivity index (χ0v) is 32.7. The normalized spacial score (nSPS) is 21.8. The van der Waals surface area contributed by atoms with Crippen LogP contribution in [-0.4, -0.2) is 96.2 Å². The highest BCUT2D eigenvalue weighted by molar-refractivity contribution is 6.23. The monoisotopic (exact) mass is 765 g/mol. The summed E-state index contributed by atoms with van der Waals surface area (Å²) in [6.07, 6.45) is 5.32. The standard InChI is InChI=1S/C47H51N5O5/c1-48-44(55)42(8-5-23-53)52-45(56)40-25-34-27-50(28-35(34)26-41(40)46(52)57)22-21-49-19-17-47(18-20-49)29-51(30-47)36-12-9-32(10-13-36)43-38(31-6-3-2-4-7-31)15-11-33-24-37(54)14-16-39(33)43/h2-4,6-7,9-10,12-14,16,23-26,38,42-43,54H,5,8,11,15,17-22,27-30H2,1H3,(H,48,55). The number of aromatic hydroxyl groups is 1. The number of nitrogens with one attached hydrogen (secondary N) is 1. The number of nitrogens with zero attached hydrogens (tertiary/aromatic N) is 4. The summed E-state index contributed by atoms with van der Waals surface area (Å²) < 4.78 is 0. The quantitative estimate of drug-likeness (QED) is 0.144. The van der Waals surface area contributed by atoms with Gasteiger partial charge in [-0.1, -0.05) is 48.5 Å². The number of anilines is 1. The van der Waals surface area contributed by atoms with Crippen LogP contribution in [0.4, 0.5) is 5.69 Å². The van der Waals surface area contributed by atoms with Crippen molar-refractivity contribution in [3.63, 3.8) is 0 Å². The molecule has 2 fully saturated rings. The maximum absolute atomic E-state index is 13.4. The van der Waals surface area contributed by atoms with E-state index in [1.54, 1.807) is 0 Å². The maximum Gasteiger partial charge on any atom is 0.262 e. The fraction of sp³-hybridized carbons (Fsp3) is 0.404. The Balaban J connectivity index is 0.775. The van der Waals surface area contributed by atoms with E-state index >= 15 is 0 Å². The van der Waals surface area contributed by atoms with Crippen molar-refractivity contribution < 1.29 is 24.3 Å². The van der Waals surface area contributed by atoms with Crippen LogP contribution in [0, 0.1) is 5.41 Å². The molecule has 4 heterocycles. The Morgan fingerprint density at radius 3 is 2.16 bits per heavy atom. The molecule has 57 heavy (non-hydrogen) atoms. The van der Waals surface area contributed by atoms with Gasteiger partial charge in [-0.2, -0.15) is 0 Å². The van der Waals surface area contributed by atoms with Crippen LogP contribution in [0.3, 0.4) is 0 Å². The Hall–Kier alpha value is -5.32. The summed E-state index contributed by atoms with van der Waals surface area (Å²) in [7, 11) is 1.47. The molecule has 10 heteroatoms. The van der Waals surface area contributed by atoms with Crippen LogP contribution >= 0.6 is 0 Å². The molecule has 2 N–H and O–H groups in total. The largest absolute Gasteiger partial charge is 0.508 e. The van der Waals surface area contributed by atoms with Crippen LogP contribution in [0.25, 0.3) is 0 Å². The summed E-state index contributed by atoms with van der Waals surface area (Å²) in [5.41, 5.74) is 9.77. The molecule has 0 saturated carbocycles. The number of amides is 3. The number of benzene rings is 4. The molecule has 4 aliphatic heterocycles. The van der Waals surface area contributed by atoms with Crippen LogP contribution in [-0.2, 0) is 29.1 Å². The molecule has 4 aromatic carbocycles. The summed E-state index contributed by atoms with van der Waals surface area (Å²) in [6.45, 7) is 7.73. The highest BCUT2D eigenvalue weighted by atomic mass is 16.3. The first kappa shape index (κ1) is 37.3. The molecule has 0 bridgehead atoms. The molecule has 1 spiro atoms. The van der Waals surface area contributed by atoms with E-state index in [2.05, 4.69) is 80.7 Å². The molecular formula is C47H51N5O5. The van der Waals surface area contributed by atoms with E-state index in [1.165, 1.54) is 47.8 Å². The van der Waals surface area contributed by atoms with Gasteiger partial charge in [-0.05, 0) is 121 Å². The van der Waals surface area contributed by atoms with E-state index in [1.807, 2.05) is 24.3 Å². The Labute approximate surface area is 334 Å². The number of aryl methyl sites for hydroxylation is 1. The van der Waals surface area contributed by atoms with Crippen molar-refractivity contribution in [3.05, 3.63) is 129 Å². The van der Waals surface area contributed by atoms with Gasteiger partial charge in [0.15, 0.2) is 0 Å². The summed E-state index contributed by atoms with van der Waals surface area (Å²) in [6, 6.07) is 28.8. The van der Waals surface area contributed by atoms with Gasteiger partial charge in [-0.15, -0.1) is 0 Å². The van der Waals surface area contributed by atoms with Crippen LogP contribution in [0.2, 0.25) is 0 Å². The van der Waals surface area contributed by atoms with Gasteiger partial charge >= 0.3 is 0 Å². The van der Waals surface area contributed by atoms with Gasteiger partial charge in [-0.25, -0.2) is 0 Å². The molecule has 3 amide bonds. The van der Waals surface area contributed by atoms with Crippen molar-refractivity contribution in [3.8, 4) is 5.75 Å². The number of likely N-dealkylation sites (tertiary alicyclic amines) is 1. The average molecular weight is 766 g/mol. The number of phenols is 1. The number of rotatable bonds is 11.